The van der Waals surface area contributed by atoms with Crippen molar-refractivity contribution in [3.05, 3.63) is 54.1 Å². The summed E-state index contributed by atoms with van der Waals surface area (Å²) in [6.45, 7) is 1.57. The second-order valence-electron chi connectivity index (χ2n) is 6.65. The molecule has 7 heteroatoms. The maximum absolute atomic E-state index is 12.1. The van der Waals surface area contributed by atoms with Crippen LogP contribution in [0.2, 0.25) is 0 Å². The van der Waals surface area contributed by atoms with Crippen molar-refractivity contribution in [3.8, 4) is 0 Å². The summed E-state index contributed by atoms with van der Waals surface area (Å²) in [6, 6.07) is 14.6. The quantitative estimate of drug-likeness (QED) is 0.655. The molecular weight excluding hydrogens is 356 g/mol. The Hall–Kier alpha value is -3.35. The first-order chi connectivity index (χ1) is 13.3. The van der Waals surface area contributed by atoms with Gasteiger partial charge < -0.3 is 20.9 Å². The molecule has 0 aliphatic carbocycles. The molecule has 0 unspecified atom stereocenters. The fourth-order valence-corrected chi connectivity index (χ4v) is 2.49. The van der Waals surface area contributed by atoms with Crippen molar-refractivity contribution in [2.75, 3.05) is 36.6 Å². The van der Waals surface area contributed by atoms with Crippen molar-refractivity contribution in [2.24, 2.45) is 0 Å². The van der Waals surface area contributed by atoms with Crippen molar-refractivity contribution in [1.82, 2.24) is 4.90 Å². The number of carbonyl (C=O) groups is 3. The Morgan fingerprint density at radius 3 is 1.89 bits per heavy atom. The number of carbonyl (C=O) groups excluding carboxylic acids is 3. The molecule has 0 saturated carbocycles. The number of rotatable bonds is 8. The standard InChI is InChI=1S/C21H26N4O3/c1-15(26)23-18-9-11-19(12-10-18)24-20(27)14-22-17-7-4-16(5-8-17)6-13-21(28)25(2)3/h4-5,7-12,22H,6,13-14H2,1-3H3,(H,23,26)(H,24,27). The Balaban J connectivity index is 1.77. The molecule has 28 heavy (non-hydrogen) atoms. The Bertz CT molecular complexity index is 815. The van der Waals surface area contributed by atoms with Gasteiger partial charge in [-0.1, -0.05) is 12.1 Å². The fourth-order valence-electron chi connectivity index (χ4n) is 2.49. The van der Waals surface area contributed by atoms with E-state index in [4.69, 9.17) is 0 Å². The van der Waals surface area contributed by atoms with Crippen LogP contribution in [0.25, 0.3) is 0 Å². The molecule has 0 saturated heterocycles. The summed E-state index contributed by atoms with van der Waals surface area (Å²) in [5.41, 5.74) is 3.24. The van der Waals surface area contributed by atoms with E-state index in [1.165, 1.54) is 6.92 Å². The molecule has 2 rings (SSSR count). The van der Waals surface area contributed by atoms with Gasteiger partial charge in [0.1, 0.15) is 0 Å². The molecule has 0 atom stereocenters. The summed E-state index contributed by atoms with van der Waals surface area (Å²) in [6.07, 6.45) is 1.16. The third-order valence-corrected chi connectivity index (χ3v) is 4.02. The lowest BCUT2D eigenvalue weighted by Gasteiger charge is -2.11. The number of aryl methyl sites for hydroxylation is 1. The number of amides is 3. The molecule has 0 radical (unpaired) electrons. The van der Waals surface area contributed by atoms with Crippen LogP contribution >= 0.6 is 0 Å². The van der Waals surface area contributed by atoms with Crippen LogP contribution in [0.3, 0.4) is 0 Å². The lowest BCUT2D eigenvalue weighted by atomic mass is 10.1. The average molecular weight is 382 g/mol. The lowest BCUT2D eigenvalue weighted by Crippen LogP contribution is -2.22. The van der Waals surface area contributed by atoms with Crippen molar-refractivity contribution in [3.63, 3.8) is 0 Å². The van der Waals surface area contributed by atoms with Crippen molar-refractivity contribution in [2.45, 2.75) is 19.8 Å². The maximum atomic E-state index is 12.1. The van der Waals surface area contributed by atoms with E-state index in [0.717, 1.165) is 11.3 Å². The fraction of sp³-hybridized carbons (Fsp3) is 0.286. The predicted molar refractivity (Wildman–Crippen MR) is 111 cm³/mol. The molecule has 2 aromatic rings. The van der Waals surface area contributed by atoms with Gasteiger partial charge >= 0.3 is 0 Å². The predicted octanol–water partition coefficient (Wildman–Crippen LogP) is 2.72. The number of benzene rings is 2. The summed E-state index contributed by atoms with van der Waals surface area (Å²) in [5.74, 6) is -0.215. The summed E-state index contributed by atoms with van der Waals surface area (Å²) in [7, 11) is 3.50. The van der Waals surface area contributed by atoms with E-state index < -0.39 is 0 Å². The number of hydrogen-bond donors (Lipinski definition) is 3. The Morgan fingerprint density at radius 2 is 1.36 bits per heavy atom. The molecule has 3 amide bonds. The molecular formula is C21H26N4O3. The zero-order chi connectivity index (χ0) is 20.5. The molecule has 0 heterocycles. The molecule has 0 aliphatic rings. The van der Waals surface area contributed by atoms with Crippen LogP contribution in [-0.4, -0.2) is 43.3 Å². The third kappa shape index (κ3) is 7.11. The first-order valence-corrected chi connectivity index (χ1v) is 9.04. The van der Waals surface area contributed by atoms with E-state index in [0.29, 0.717) is 24.2 Å². The highest BCUT2D eigenvalue weighted by molar-refractivity contribution is 5.94. The molecule has 3 N–H and O–H groups in total. The average Bonchev–Trinajstić information content (AvgIpc) is 2.66. The van der Waals surface area contributed by atoms with Gasteiger partial charge in [-0.15, -0.1) is 0 Å². The highest BCUT2D eigenvalue weighted by atomic mass is 16.2. The zero-order valence-electron chi connectivity index (χ0n) is 16.4. The minimum Gasteiger partial charge on any atom is -0.376 e. The van der Waals surface area contributed by atoms with Gasteiger partial charge in [0.25, 0.3) is 0 Å². The van der Waals surface area contributed by atoms with Crippen LogP contribution in [0.1, 0.15) is 18.9 Å². The summed E-state index contributed by atoms with van der Waals surface area (Å²) in [4.78, 5) is 36.3. The second-order valence-corrected chi connectivity index (χ2v) is 6.65. The Labute approximate surface area is 165 Å². The van der Waals surface area contributed by atoms with E-state index in [1.54, 1.807) is 43.3 Å². The van der Waals surface area contributed by atoms with E-state index in [2.05, 4.69) is 16.0 Å². The third-order valence-electron chi connectivity index (χ3n) is 4.02. The van der Waals surface area contributed by atoms with Crippen LogP contribution in [0.5, 0.6) is 0 Å². The number of hydrogen-bond acceptors (Lipinski definition) is 4. The maximum Gasteiger partial charge on any atom is 0.243 e. The van der Waals surface area contributed by atoms with Gasteiger partial charge in [-0.2, -0.15) is 0 Å². The second kappa shape index (κ2) is 10.1. The molecule has 2 aromatic carbocycles. The van der Waals surface area contributed by atoms with Gasteiger partial charge in [0.05, 0.1) is 6.54 Å². The van der Waals surface area contributed by atoms with Crippen LogP contribution in [0.4, 0.5) is 17.1 Å². The smallest absolute Gasteiger partial charge is 0.243 e. The topological polar surface area (TPSA) is 90.5 Å². The summed E-state index contributed by atoms with van der Waals surface area (Å²) in [5, 5.41) is 8.53. The van der Waals surface area contributed by atoms with Crippen LogP contribution < -0.4 is 16.0 Å². The first kappa shape index (κ1) is 21.0. The monoisotopic (exact) mass is 382 g/mol. The highest BCUT2D eigenvalue weighted by Gasteiger charge is 2.05. The van der Waals surface area contributed by atoms with Gasteiger partial charge in [-0.05, 0) is 48.4 Å². The summed E-state index contributed by atoms with van der Waals surface area (Å²) < 4.78 is 0. The van der Waals surface area contributed by atoms with Gasteiger partial charge in [-0.25, -0.2) is 0 Å². The molecule has 148 valence electrons. The van der Waals surface area contributed by atoms with Crippen LogP contribution in [0, 0.1) is 0 Å². The zero-order valence-corrected chi connectivity index (χ0v) is 16.4. The normalized spacial score (nSPS) is 10.1. The molecule has 0 spiro atoms. The van der Waals surface area contributed by atoms with Crippen LogP contribution in [0.15, 0.2) is 48.5 Å². The van der Waals surface area contributed by atoms with Crippen LogP contribution in [-0.2, 0) is 20.8 Å². The van der Waals surface area contributed by atoms with E-state index in [9.17, 15) is 14.4 Å². The van der Waals surface area contributed by atoms with Crippen molar-refractivity contribution < 1.29 is 14.4 Å². The molecule has 0 bridgehead atoms. The number of anilines is 3. The van der Waals surface area contributed by atoms with Crippen molar-refractivity contribution in [1.29, 1.82) is 0 Å². The molecule has 0 fully saturated rings. The van der Waals surface area contributed by atoms with E-state index >= 15 is 0 Å². The molecule has 0 aliphatic heterocycles. The Kier molecular flexibility index (Phi) is 7.56. The van der Waals surface area contributed by atoms with Gasteiger partial charge in [-0.3, -0.25) is 14.4 Å². The SMILES string of the molecule is CC(=O)Nc1ccc(NC(=O)CNc2ccc(CCC(=O)N(C)C)cc2)cc1. The molecule has 0 aromatic heterocycles. The van der Waals surface area contributed by atoms with Gasteiger partial charge in [0, 0.05) is 44.5 Å². The number of nitrogens with one attached hydrogen (secondary N) is 3. The van der Waals surface area contributed by atoms with Crippen molar-refractivity contribution >= 4 is 34.8 Å². The highest BCUT2D eigenvalue weighted by Crippen LogP contribution is 2.14. The van der Waals surface area contributed by atoms with Gasteiger partial charge in [0.15, 0.2) is 0 Å². The lowest BCUT2D eigenvalue weighted by molar-refractivity contribution is -0.128. The van der Waals surface area contributed by atoms with Gasteiger partial charge in [0.2, 0.25) is 17.7 Å². The number of nitrogens with zero attached hydrogens (tertiary/aromatic N) is 1. The van der Waals surface area contributed by atoms with E-state index in [-0.39, 0.29) is 24.3 Å². The Morgan fingerprint density at radius 1 is 0.821 bits per heavy atom. The summed E-state index contributed by atoms with van der Waals surface area (Å²) >= 11 is 0. The molecule has 7 nitrogen and oxygen atoms in total. The minimum absolute atomic E-state index is 0.101. The minimum atomic E-state index is -0.173. The first-order valence-electron chi connectivity index (χ1n) is 9.04. The largest absolute Gasteiger partial charge is 0.376 e. The van der Waals surface area contributed by atoms with E-state index in [1.807, 2.05) is 24.3 Å².